The maximum Gasteiger partial charge on any atom is 0.181 e. The lowest BCUT2D eigenvalue weighted by Crippen LogP contribution is -2.04. The van der Waals surface area contributed by atoms with E-state index in [9.17, 15) is 4.79 Å². The van der Waals surface area contributed by atoms with Gasteiger partial charge in [0.25, 0.3) is 0 Å². The van der Waals surface area contributed by atoms with E-state index in [2.05, 4.69) is 0 Å². The van der Waals surface area contributed by atoms with E-state index in [1.54, 1.807) is 23.5 Å². The van der Waals surface area contributed by atoms with Crippen LogP contribution in [0.5, 0.6) is 0 Å². The van der Waals surface area contributed by atoms with Gasteiger partial charge < -0.3 is 4.74 Å². The zero-order valence-corrected chi connectivity index (χ0v) is 8.34. The van der Waals surface area contributed by atoms with Crippen molar-refractivity contribution >= 4 is 23.2 Å². The Bertz CT molecular complexity index is 275. The molecule has 1 aromatic heterocycles. The fraction of sp³-hybridized carbons (Fsp3) is 0.300. The minimum Gasteiger partial charge on any atom is -0.374 e. The van der Waals surface area contributed by atoms with Crippen LogP contribution in [0.3, 0.4) is 0 Å². The molecule has 0 bridgehead atoms. The molecule has 0 spiro atoms. The monoisotopic (exact) mass is 196 g/mol. The maximum atomic E-state index is 11.1. The highest BCUT2D eigenvalue weighted by molar-refractivity contribution is 7.08. The molecule has 0 aliphatic rings. The van der Waals surface area contributed by atoms with Crippen LogP contribution in [0.4, 0.5) is 0 Å². The van der Waals surface area contributed by atoms with E-state index in [1.165, 1.54) is 0 Å². The second-order valence-corrected chi connectivity index (χ2v) is 3.27. The molecule has 0 aliphatic carbocycles. The van der Waals surface area contributed by atoms with Gasteiger partial charge >= 0.3 is 0 Å². The van der Waals surface area contributed by atoms with Crippen molar-refractivity contribution in [1.82, 2.24) is 0 Å². The average molecular weight is 196 g/mol. The fourth-order valence-corrected chi connectivity index (χ4v) is 1.44. The van der Waals surface area contributed by atoms with Crippen LogP contribution in [0.25, 0.3) is 6.08 Å². The van der Waals surface area contributed by atoms with Gasteiger partial charge in [0, 0.05) is 6.61 Å². The Morgan fingerprint density at radius 3 is 3.15 bits per heavy atom. The predicted octanol–water partition coefficient (Wildman–Crippen LogP) is 2.37. The Kier molecular flexibility index (Phi) is 4.43. The SMILES string of the molecule is CCOCC(=O)/C=C/c1ccsc1. The molecule has 0 atom stereocenters. The third kappa shape index (κ3) is 4.01. The summed E-state index contributed by atoms with van der Waals surface area (Å²) < 4.78 is 4.97. The highest BCUT2D eigenvalue weighted by Crippen LogP contribution is 2.07. The van der Waals surface area contributed by atoms with E-state index in [0.29, 0.717) is 6.61 Å². The molecule has 0 amide bonds. The standard InChI is InChI=1S/C10H12O2S/c1-2-12-7-10(11)4-3-9-5-6-13-8-9/h3-6,8H,2,7H2,1H3/b4-3+. The van der Waals surface area contributed by atoms with Crippen molar-refractivity contribution < 1.29 is 9.53 Å². The normalized spacial score (nSPS) is 10.8. The van der Waals surface area contributed by atoms with Crippen LogP contribution in [-0.2, 0) is 9.53 Å². The summed E-state index contributed by atoms with van der Waals surface area (Å²) in [5, 5.41) is 3.97. The summed E-state index contributed by atoms with van der Waals surface area (Å²) in [6.45, 7) is 2.63. The second-order valence-electron chi connectivity index (χ2n) is 2.49. The van der Waals surface area contributed by atoms with E-state index < -0.39 is 0 Å². The van der Waals surface area contributed by atoms with Crippen molar-refractivity contribution in [2.24, 2.45) is 0 Å². The number of rotatable bonds is 5. The van der Waals surface area contributed by atoms with E-state index >= 15 is 0 Å². The Hall–Kier alpha value is -0.930. The zero-order valence-electron chi connectivity index (χ0n) is 7.53. The largest absolute Gasteiger partial charge is 0.374 e. The summed E-state index contributed by atoms with van der Waals surface area (Å²) in [6, 6.07) is 1.97. The smallest absolute Gasteiger partial charge is 0.181 e. The number of carbonyl (C=O) groups is 1. The molecular formula is C10H12O2S. The summed E-state index contributed by atoms with van der Waals surface area (Å²) in [5.41, 5.74) is 1.06. The highest BCUT2D eigenvalue weighted by atomic mass is 32.1. The average Bonchev–Trinajstić information content (AvgIpc) is 2.64. The quantitative estimate of drug-likeness (QED) is 0.676. The van der Waals surface area contributed by atoms with Gasteiger partial charge in [-0.05, 0) is 35.4 Å². The van der Waals surface area contributed by atoms with Gasteiger partial charge in [-0.15, -0.1) is 0 Å². The molecule has 0 aliphatic heterocycles. The molecule has 1 aromatic rings. The number of hydrogen-bond donors (Lipinski definition) is 0. The van der Waals surface area contributed by atoms with E-state index in [-0.39, 0.29) is 12.4 Å². The fourth-order valence-electron chi connectivity index (χ4n) is 0.810. The Labute approximate surface area is 81.8 Å². The van der Waals surface area contributed by atoms with Crippen molar-refractivity contribution in [2.45, 2.75) is 6.92 Å². The molecular weight excluding hydrogens is 184 g/mol. The van der Waals surface area contributed by atoms with Crippen LogP contribution in [0.15, 0.2) is 22.9 Å². The van der Waals surface area contributed by atoms with Crippen LogP contribution >= 0.6 is 11.3 Å². The highest BCUT2D eigenvalue weighted by Gasteiger charge is 1.94. The summed E-state index contributed by atoms with van der Waals surface area (Å²) in [6.07, 6.45) is 3.36. The molecule has 0 fully saturated rings. The summed E-state index contributed by atoms with van der Waals surface area (Å²) >= 11 is 1.62. The molecule has 70 valence electrons. The zero-order chi connectivity index (χ0) is 9.52. The first-order valence-electron chi connectivity index (χ1n) is 4.13. The van der Waals surface area contributed by atoms with Gasteiger partial charge in [-0.1, -0.05) is 6.08 Å². The van der Waals surface area contributed by atoms with Crippen LogP contribution in [-0.4, -0.2) is 19.0 Å². The molecule has 2 nitrogen and oxygen atoms in total. The van der Waals surface area contributed by atoms with Gasteiger partial charge in [0.1, 0.15) is 6.61 Å². The van der Waals surface area contributed by atoms with Crippen molar-refractivity contribution in [2.75, 3.05) is 13.2 Å². The molecule has 1 rings (SSSR count). The van der Waals surface area contributed by atoms with Crippen LogP contribution < -0.4 is 0 Å². The van der Waals surface area contributed by atoms with Crippen molar-refractivity contribution in [3.8, 4) is 0 Å². The number of ketones is 1. The maximum absolute atomic E-state index is 11.1. The van der Waals surface area contributed by atoms with Gasteiger partial charge in [0.2, 0.25) is 0 Å². The number of thiophene rings is 1. The first-order chi connectivity index (χ1) is 6.33. The van der Waals surface area contributed by atoms with Crippen molar-refractivity contribution in [1.29, 1.82) is 0 Å². The predicted molar refractivity (Wildman–Crippen MR) is 54.9 cm³/mol. The minimum absolute atomic E-state index is 0.00745. The molecule has 3 heteroatoms. The van der Waals surface area contributed by atoms with Crippen LogP contribution in [0.1, 0.15) is 12.5 Å². The van der Waals surface area contributed by atoms with E-state index in [0.717, 1.165) is 5.56 Å². The minimum atomic E-state index is 0.00745. The number of ether oxygens (including phenoxy) is 1. The molecule has 0 saturated carbocycles. The van der Waals surface area contributed by atoms with Crippen molar-refractivity contribution in [3.05, 3.63) is 28.5 Å². The second kappa shape index (κ2) is 5.67. The molecule has 0 N–H and O–H groups in total. The lowest BCUT2D eigenvalue weighted by Gasteiger charge is -1.94. The Morgan fingerprint density at radius 1 is 1.69 bits per heavy atom. The van der Waals surface area contributed by atoms with Gasteiger partial charge in [0.15, 0.2) is 5.78 Å². The summed E-state index contributed by atoms with van der Waals surface area (Å²) in [4.78, 5) is 11.1. The van der Waals surface area contributed by atoms with E-state index in [4.69, 9.17) is 4.74 Å². The van der Waals surface area contributed by atoms with Gasteiger partial charge in [-0.3, -0.25) is 4.79 Å². The third-order valence-corrected chi connectivity index (χ3v) is 2.15. The molecule has 0 aromatic carbocycles. The van der Waals surface area contributed by atoms with Gasteiger partial charge in [0.05, 0.1) is 0 Å². The lowest BCUT2D eigenvalue weighted by atomic mass is 10.3. The first-order valence-corrected chi connectivity index (χ1v) is 5.08. The first kappa shape index (κ1) is 10.2. The Balaban J connectivity index is 2.35. The van der Waals surface area contributed by atoms with E-state index in [1.807, 2.05) is 23.8 Å². The molecule has 0 saturated heterocycles. The molecule has 0 unspecified atom stereocenters. The number of hydrogen-bond acceptors (Lipinski definition) is 3. The molecule has 0 radical (unpaired) electrons. The van der Waals surface area contributed by atoms with Crippen LogP contribution in [0.2, 0.25) is 0 Å². The van der Waals surface area contributed by atoms with Crippen LogP contribution in [0, 0.1) is 0 Å². The summed E-state index contributed by atoms with van der Waals surface area (Å²) in [7, 11) is 0. The molecule has 1 heterocycles. The van der Waals surface area contributed by atoms with Crippen molar-refractivity contribution in [3.63, 3.8) is 0 Å². The number of carbonyl (C=O) groups excluding carboxylic acids is 1. The topological polar surface area (TPSA) is 26.3 Å². The summed E-state index contributed by atoms with van der Waals surface area (Å²) in [5.74, 6) is 0.00745. The van der Waals surface area contributed by atoms with Gasteiger partial charge in [-0.25, -0.2) is 0 Å². The van der Waals surface area contributed by atoms with Gasteiger partial charge in [-0.2, -0.15) is 11.3 Å². The Morgan fingerprint density at radius 2 is 2.54 bits per heavy atom. The third-order valence-electron chi connectivity index (χ3n) is 1.45. The molecule has 13 heavy (non-hydrogen) atoms. The lowest BCUT2D eigenvalue weighted by molar-refractivity contribution is -0.118.